The predicted molar refractivity (Wildman–Crippen MR) is 68.8 cm³/mol. The van der Waals surface area contributed by atoms with Crippen molar-refractivity contribution in [2.24, 2.45) is 0 Å². The number of carbonyl (C=O) groups is 1. The molecule has 0 radical (unpaired) electrons. The fourth-order valence-electron chi connectivity index (χ4n) is 1.88. The minimum Gasteiger partial charge on any atom is -0.396 e. The van der Waals surface area contributed by atoms with Crippen LogP contribution in [0.25, 0.3) is 0 Å². The number of anilines is 1. The van der Waals surface area contributed by atoms with Crippen LogP contribution < -0.4 is 11.1 Å². The van der Waals surface area contributed by atoms with Crippen LogP contribution >= 0.6 is 0 Å². The molecule has 0 spiro atoms. The number of rotatable bonds is 5. The van der Waals surface area contributed by atoms with Crippen LogP contribution in [0.2, 0.25) is 0 Å². The van der Waals surface area contributed by atoms with Gasteiger partial charge in [-0.15, -0.1) is 0 Å². The van der Waals surface area contributed by atoms with Gasteiger partial charge < -0.3 is 16.0 Å². The summed E-state index contributed by atoms with van der Waals surface area (Å²) in [6.07, 6.45) is 2.38. The Bertz CT molecular complexity index is 489. The number of benzene rings is 1. The summed E-state index contributed by atoms with van der Waals surface area (Å²) in [4.78, 5) is 13.9. The molecule has 19 heavy (non-hydrogen) atoms. The molecule has 6 heteroatoms. The second-order valence-electron chi connectivity index (χ2n) is 4.82. The largest absolute Gasteiger partial charge is 0.396 e. The van der Waals surface area contributed by atoms with Gasteiger partial charge in [0.25, 0.3) is 5.91 Å². The van der Waals surface area contributed by atoms with Crippen molar-refractivity contribution in [2.45, 2.75) is 18.9 Å². The number of nitrogens with one attached hydrogen (secondary N) is 1. The highest BCUT2D eigenvalue weighted by Gasteiger charge is 2.25. The first-order valence-corrected chi connectivity index (χ1v) is 6.22. The van der Waals surface area contributed by atoms with E-state index in [1.807, 2.05) is 7.05 Å². The van der Waals surface area contributed by atoms with Gasteiger partial charge in [-0.25, -0.2) is 8.78 Å². The molecule has 0 atom stereocenters. The highest BCUT2D eigenvalue weighted by molar-refractivity contribution is 5.95. The molecule has 0 saturated heterocycles. The molecule has 1 aromatic rings. The van der Waals surface area contributed by atoms with Crippen LogP contribution in [0.3, 0.4) is 0 Å². The zero-order valence-electron chi connectivity index (χ0n) is 10.7. The van der Waals surface area contributed by atoms with E-state index in [1.165, 1.54) is 12.8 Å². The number of nitrogens with two attached hydrogens (primary N) is 1. The molecule has 4 nitrogen and oxygen atoms in total. The number of hydrogen-bond acceptors (Lipinski definition) is 3. The first-order valence-electron chi connectivity index (χ1n) is 6.22. The Morgan fingerprint density at radius 1 is 1.42 bits per heavy atom. The molecule has 2 rings (SSSR count). The fraction of sp³-hybridized carbons (Fsp3) is 0.462. The van der Waals surface area contributed by atoms with Crippen LogP contribution in [0.1, 0.15) is 23.2 Å². The molecule has 1 aromatic carbocycles. The molecule has 0 heterocycles. The first-order chi connectivity index (χ1) is 8.99. The highest BCUT2D eigenvalue weighted by Crippen LogP contribution is 2.24. The molecule has 0 bridgehead atoms. The average molecular weight is 269 g/mol. The Labute approximate surface area is 110 Å². The van der Waals surface area contributed by atoms with Crippen molar-refractivity contribution in [2.75, 3.05) is 25.9 Å². The quantitative estimate of drug-likeness (QED) is 0.794. The maximum absolute atomic E-state index is 13.4. The predicted octanol–water partition coefficient (Wildman–Crippen LogP) is 1.37. The van der Waals surface area contributed by atoms with Crippen molar-refractivity contribution in [1.29, 1.82) is 0 Å². The van der Waals surface area contributed by atoms with E-state index in [4.69, 9.17) is 5.73 Å². The Kier molecular flexibility index (Phi) is 3.99. The summed E-state index contributed by atoms with van der Waals surface area (Å²) in [7, 11) is 1.99. The summed E-state index contributed by atoms with van der Waals surface area (Å²) in [5.41, 5.74) is 4.86. The van der Waals surface area contributed by atoms with Crippen molar-refractivity contribution in [3.63, 3.8) is 0 Å². The van der Waals surface area contributed by atoms with Gasteiger partial charge in [0.2, 0.25) is 0 Å². The molecular formula is C13H17F2N3O. The maximum atomic E-state index is 13.4. The van der Waals surface area contributed by atoms with Gasteiger partial charge in [0.1, 0.15) is 11.6 Å². The van der Waals surface area contributed by atoms with Crippen molar-refractivity contribution >= 4 is 11.6 Å². The van der Waals surface area contributed by atoms with E-state index in [2.05, 4.69) is 10.2 Å². The van der Waals surface area contributed by atoms with Gasteiger partial charge in [-0.2, -0.15) is 0 Å². The van der Waals surface area contributed by atoms with Gasteiger partial charge in [-0.1, -0.05) is 0 Å². The maximum Gasteiger partial charge on any atom is 0.254 e. The molecule has 1 amide bonds. The summed E-state index contributed by atoms with van der Waals surface area (Å²) in [6.45, 7) is 1.12. The van der Waals surface area contributed by atoms with E-state index in [0.29, 0.717) is 25.2 Å². The molecular weight excluding hydrogens is 252 g/mol. The second kappa shape index (κ2) is 5.52. The van der Waals surface area contributed by atoms with E-state index in [9.17, 15) is 13.6 Å². The van der Waals surface area contributed by atoms with Crippen molar-refractivity contribution in [3.05, 3.63) is 29.3 Å². The Hall–Kier alpha value is -1.69. The van der Waals surface area contributed by atoms with E-state index in [0.717, 1.165) is 6.07 Å². The monoisotopic (exact) mass is 269 g/mol. The van der Waals surface area contributed by atoms with Crippen molar-refractivity contribution in [3.8, 4) is 0 Å². The van der Waals surface area contributed by atoms with Gasteiger partial charge in [0.15, 0.2) is 0 Å². The van der Waals surface area contributed by atoms with Crippen LogP contribution in [0.4, 0.5) is 14.5 Å². The fourth-order valence-corrected chi connectivity index (χ4v) is 1.88. The van der Waals surface area contributed by atoms with E-state index in [1.54, 1.807) is 0 Å². The van der Waals surface area contributed by atoms with E-state index in [-0.39, 0.29) is 11.3 Å². The minimum atomic E-state index is -0.903. The highest BCUT2D eigenvalue weighted by atomic mass is 19.1. The van der Waals surface area contributed by atoms with E-state index < -0.39 is 17.5 Å². The summed E-state index contributed by atoms with van der Waals surface area (Å²) in [6, 6.07) is 2.25. The van der Waals surface area contributed by atoms with Gasteiger partial charge in [0, 0.05) is 25.2 Å². The summed E-state index contributed by atoms with van der Waals surface area (Å²) in [5.74, 6) is -2.34. The molecule has 1 saturated carbocycles. The zero-order chi connectivity index (χ0) is 14.0. The Balaban J connectivity index is 1.90. The van der Waals surface area contributed by atoms with Crippen LogP contribution in [0, 0.1) is 11.6 Å². The standard InChI is InChI=1S/C13H17F2N3O/c1-18(8-2-3-8)5-4-17-13(19)9-6-12(16)11(15)7-10(9)14/h6-8H,2-5,16H2,1H3,(H,17,19). The molecule has 1 aliphatic rings. The lowest BCUT2D eigenvalue weighted by atomic mass is 10.1. The van der Waals surface area contributed by atoms with Gasteiger partial charge >= 0.3 is 0 Å². The molecule has 3 N–H and O–H groups in total. The second-order valence-corrected chi connectivity index (χ2v) is 4.82. The lowest BCUT2D eigenvalue weighted by Crippen LogP contribution is -2.34. The lowest BCUT2D eigenvalue weighted by molar-refractivity contribution is 0.0945. The number of nitrogen functional groups attached to an aromatic ring is 1. The third kappa shape index (κ3) is 3.41. The average Bonchev–Trinajstić information content (AvgIpc) is 3.17. The van der Waals surface area contributed by atoms with Crippen LogP contribution in [-0.4, -0.2) is 37.0 Å². The zero-order valence-corrected chi connectivity index (χ0v) is 10.7. The van der Waals surface area contributed by atoms with Crippen LogP contribution in [0.15, 0.2) is 12.1 Å². The minimum absolute atomic E-state index is 0.229. The molecule has 0 unspecified atom stereocenters. The van der Waals surface area contributed by atoms with Gasteiger partial charge in [-0.05, 0) is 26.0 Å². The number of amides is 1. The van der Waals surface area contributed by atoms with Crippen LogP contribution in [-0.2, 0) is 0 Å². The number of halogens is 2. The third-order valence-electron chi connectivity index (χ3n) is 3.25. The Morgan fingerprint density at radius 3 is 2.74 bits per heavy atom. The summed E-state index contributed by atoms with van der Waals surface area (Å²) >= 11 is 0. The molecule has 0 aliphatic heterocycles. The first kappa shape index (κ1) is 13.7. The smallest absolute Gasteiger partial charge is 0.254 e. The van der Waals surface area contributed by atoms with Gasteiger partial charge in [-0.3, -0.25) is 4.79 Å². The number of likely N-dealkylation sites (N-methyl/N-ethyl adjacent to an activating group) is 1. The SMILES string of the molecule is CN(CCNC(=O)c1cc(N)c(F)cc1F)C1CC1. The molecule has 1 aliphatic carbocycles. The lowest BCUT2D eigenvalue weighted by Gasteiger charge is -2.15. The summed E-state index contributed by atoms with van der Waals surface area (Å²) < 4.78 is 26.4. The third-order valence-corrected chi connectivity index (χ3v) is 3.25. The molecule has 104 valence electrons. The topological polar surface area (TPSA) is 58.4 Å². The number of hydrogen-bond donors (Lipinski definition) is 2. The van der Waals surface area contributed by atoms with Gasteiger partial charge in [0.05, 0.1) is 11.3 Å². The van der Waals surface area contributed by atoms with Crippen molar-refractivity contribution in [1.82, 2.24) is 10.2 Å². The Morgan fingerprint density at radius 2 is 2.11 bits per heavy atom. The number of carbonyl (C=O) groups excluding carboxylic acids is 1. The van der Waals surface area contributed by atoms with Crippen molar-refractivity contribution < 1.29 is 13.6 Å². The van der Waals surface area contributed by atoms with Crippen LogP contribution in [0.5, 0.6) is 0 Å². The molecule has 0 aromatic heterocycles. The number of nitrogens with zero attached hydrogens (tertiary/aromatic N) is 1. The normalized spacial score (nSPS) is 14.7. The molecule has 1 fully saturated rings. The summed E-state index contributed by atoms with van der Waals surface area (Å²) in [5, 5.41) is 2.60. The van der Waals surface area contributed by atoms with E-state index >= 15 is 0 Å².